The molecule has 5 nitrogen and oxygen atoms in total. The summed E-state index contributed by atoms with van der Waals surface area (Å²) in [7, 11) is 1.68. The summed E-state index contributed by atoms with van der Waals surface area (Å²) in [6.07, 6.45) is 2.53. The van der Waals surface area contributed by atoms with Crippen LogP contribution in [0.15, 0.2) is 78.9 Å². The first-order chi connectivity index (χ1) is 16.2. The highest BCUT2D eigenvalue weighted by Crippen LogP contribution is 2.35. The van der Waals surface area contributed by atoms with E-state index in [1.807, 2.05) is 54.6 Å². The lowest BCUT2D eigenvalue weighted by molar-refractivity contribution is -0.115. The molecule has 164 valence electrons. The largest absolute Gasteiger partial charge is 0.497 e. The number of ether oxygens (including phenoxy) is 1. The maximum Gasteiger partial charge on any atom is 0.229 e. The topological polar surface area (TPSA) is 64.1 Å². The second-order valence-electron chi connectivity index (χ2n) is 8.21. The maximum atomic E-state index is 12.8. The molecule has 1 heterocycles. The van der Waals surface area contributed by atoms with Crippen molar-refractivity contribution in [1.29, 1.82) is 0 Å². The van der Waals surface area contributed by atoms with Gasteiger partial charge in [0.1, 0.15) is 5.75 Å². The number of carbonyl (C=O) groups is 1. The third-order valence-electron chi connectivity index (χ3n) is 5.92. The molecule has 0 saturated heterocycles. The fourth-order valence-corrected chi connectivity index (χ4v) is 4.25. The van der Waals surface area contributed by atoms with Crippen LogP contribution in [0.1, 0.15) is 28.1 Å². The molecule has 1 amide bonds. The number of rotatable bonds is 6. The minimum atomic E-state index is -0.0919. The predicted molar refractivity (Wildman–Crippen MR) is 129 cm³/mol. The lowest BCUT2D eigenvalue weighted by atomic mass is 9.91. The number of hydrogen-bond donors (Lipinski definition) is 1. The Bertz CT molecular complexity index is 1290. The number of hydrogen-bond acceptors (Lipinski definition) is 4. The first-order valence-electron chi connectivity index (χ1n) is 11.1. The minimum Gasteiger partial charge on any atom is -0.497 e. The van der Waals surface area contributed by atoms with Gasteiger partial charge in [0.05, 0.1) is 30.6 Å². The molecule has 5 heteroatoms. The number of nitrogens with zero attached hydrogens (tertiary/aromatic N) is 2. The van der Waals surface area contributed by atoms with Crippen LogP contribution in [-0.2, 0) is 30.5 Å². The van der Waals surface area contributed by atoms with E-state index < -0.39 is 0 Å². The molecule has 0 fully saturated rings. The van der Waals surface area contributed by atoms with Crippen molar-refractivity contribution in [2.75, 3.05) is 12.4 Å². The zero-order valence-electron chi connectivity index (χ0n) is 18.5. The van der Waals surface area contributed by atoms with Crippen molar-refractivity contribution in [2.24, 2.45) is 0 Å². The molecule has 5 rings (SSSR count). The van der Waals surface area contributed by atoms with Crippen molar-refractivity contribution >= 4 is 11.7 Å². The molecular weight excluding hydrogens is 410 g/mol. The van der Waals surface area contributed by atoms with Crippen LogP contribution in [0.3, 0.4) is 0 Å². The number of aryl methyl sites for hydroxylation is 2. The van der Waals surface area contributed by atoms with Gasteiger partial charge in [0, 0.05) is 12.0 Å². The number of benzene rings is 3. The summed E-state index contributed by atoms with van der Waals surface area (Å²) in [6, 6.07) is 26.0. The van der Waals surface area contributed by atoms with Gasteiger partial charge in [-0.15, -0.1) is 0 Å². The van der Waals surface area contributed by atoms with Crippen LogP contribution >= 0.6 is 0 Å². The van der Waals surface area contributed by atoms with E-state index in [4.69, 9.17) is 14.7 Å². The van der Waals surface area contributed by atoms with Crippen LogP contribution in [-0.4, -0.2) is 23.0 Å². The summed E-state index contributed by atoms with van der Waals surface area (Å²) in [4.78, 5) is 22.8. The van der Waals surface area contributed by atoms with Gasteiger partial charge in [0.15, 0.2) is 5.82 Å². The third kappa shape index (κ3) is 4.62. The molecule has 0 saturated carbocycles. The quantitative estimate of drug-likeness (QED) is 0.462. The summed E-state index contributed by atoms with van der Waals surface area (Å²) in [5.41, 5.74) is 6.96. The van der Waals surface area contributed by atoms with Gasteiger partial charge >= 0.3 is 0 Å². The van der Waals surface area contributed by atoms with Crippen LogP contribution in [0.25, 0.3) is 11.3 Å². The van der Waals surface area contributed by atoms with Crippen LogP contribution < -0.4 is 10.1 Å². The standard InChI is InChI=1S/C28H25N3O2/c1-33-22-13-14-23-21(18-22)12-15-24-27(23)29-25(16-19-8-4-2-5-9-19)28(30-24)31-26(32)17-20-10-6-3-7-11-20/h2-11,13-14,18H,12,15-17H2,1H3,(H,30,31,32). The normalized spacial score (nSPS) is 11.9. The molecule has 1 N–H and O–H groups in total. The average Bonchev–Trinajstić information content (AvgIpc) is 2.85. The number of anilines is 1. The van der Waals surface area contributed by atoms with Crippen molar-refractivity contribution < 1.29 is 9.53 Å². The first-order valence-corrected chi connectivity index (χ1v) is 11.1. The van der Waals surface area contributed by atoms with Gasteiger partial charge in [-0.1, -0.05) is 60.7 Å². The highest BCUT2D eigenvalue weighted by Gasteiger charge is 2.23. The molecule has 3 aromatic carbocycles. The van der Waals surface area contributed by atoms with E-state index in [1.165, 1.54) is 5.56 Å². The average molecular weight is 436 g/mol. The molecule has 1 aliphatic carbocycles. The summed E-state index contributed by atoms with van der Waals surface area (Å²) in [6.45, 7) is 0. The van der Waals surface area contributed by atoms with E-state index >= 15 is 0 Å². The fraction of sp³-hybridized carbons (Fsp3) is 0.179. The Balaban J connectivity index is 1.51. The van der Waals surface area contributed by atoms with Gasteiger partial charge in [0.2, 0.25) is 5.91 Å². The van der Waals surface area contributed by atoms with Crippen molar-refractivity contribution in [3.05, 3.63) is 107 Å². The zero-order valence-corrected chi connectivity index (χ0v) is 18.5. The highest BCUT2D eigenvalue weighted by atomic mass is 16.5. The van der Waals surface area contributed by atoms with E-state index in [9.17, 15) is 4.79 Å². The van der Waals surface area contributed by atoms with E-state index in [0.29, 0.717) is 18.7 Å². The summed E-state index contributed by atoms with van der Waals surface area (Å²) >= 11 is 0. The summed E-state index contributed by atoms with van der Waals surface area (Å²) in [5.74, 6) is 1.31. The maximum absolute atomic E-state index is 12.8. The number of carbonyl (C=O) groups excluding carboxylic acids is 1. The van der Waals surface area contributed by atoms with Gasteiger partial charge in [-0.3, -0.25) is 4.79 Å². The van der Waals surface area contributed by atoms with Crippen LogP contribution in [0.2, 0.25) is 0 Å². The lowest BCUT2D eigenvalue weighted by Crippen LogP contribution is -2.20. The van der Waals surface area contributed by atoms with E-state index in [1.54, 1.807) is 7.11 Å². The number of amides is 1. The SMILES string of the molecule is COc1ccc2c(c1)CCc1nc(NC(=O)Cc3ccccc3)c(Cc3ccccc3)nc1-2. The lowest BCUT2D eigenvalue weighted by Gasteiger charge is -2.21. The molecule has 0 bridgehead atoms. The molecule has 0 aliphatic heterocycles. The van der Waals surface area contributed by atoms with Gasteiger partial charge < -0.3 is 10.1 Å². The van der Waals surface area contributed by atoms with E-state index in [0.717, 1.165) is 52.4 Å². The Morgan fingerprint density at radius 3 is 2.36 bits per heavy atom. The number of aromatic nitrogens is 2. The third-order valence-corrected chi connectivity index (χ3v) is 5.92. The molecule has 33 heavy (non-hydrogen) atoms. The van der Waals surface area contributed by atoms with Crippen molar-refractivity contribution in [1.82, 2.24) is 9.97 Å². The Labute approximate surface area is 193 Å². The van der Waals surface area contributed by atoms with Crippen LogP contribution in [0.5, 0.6) is 5.75 Å². The molecule has 0 spiro atoms. The van der Waals surface area contributed by atoms with Gasteiger partial charge in [-0.05, 0) is 47.7 Å². The Morgan fingerprint density at radius 1 is 0.909 bits per heavy atom. The first kappa shape index (κ1) is 20.9. The molecule has 1 aromatic heterocycles. The smallest absolute Gasteiger partial charge is 0.229 e. The van der Waals surface area contributed by atoms with E-state index in [-0.39, 0.29) is 5.91 Å². The number of fused-ring (bicyclic) bond motifs is 3. The molecule has 1 aliphatic rings. The second kappa shape index (κ2) is 9.25. The Morgan fingerprint density at radius 2 is 1.64 bits per heavy atom. The van der Waals surface area contributed by atoms with Gasteiger partial charge in [-0.25, -0.2) is 9.97 Å². The monoisotopic (exact) mass is 435 g/mol. The number of nitrogens with one attached hydrogen (secondary N) is 1. The van der Waals surface area contributed by atoms with Crippen LogP contribution in [0, 0.1) is 0 Å². The highest BCUT2D eigenvalue weighted by molar-refractivity contribution is 5.92. The van der Waals surface area contributed by atoms with Gasteiger partial charge in [-0.2, -0.15) is 0 Å². The molecular formula is C28H25N3O2. The summed E-state index contributed by atoms with van der Waals surface area (Å²) < 4.78 is 5.40. The Kier molecular flexibility index (Phi) is 5.85. The van der Waals surface area contributed by atoms with Crippen LogP contribution in [0.4, 0.5) is 5.82 Å². The molecule has 0 atom stereocenters. The number of methoxy groups -OCH3 is 1. The molecule has 4 aromatic rings. The molecule has 0 unspecified atom stereocenters. The minimum absolute atomic E-state index is 0.0919. The van der Waals surface area contributed by atoms with Crippen molar-refractivity contribution in [3.63, 3.8) is 0 Å². The molecule has 0 radical (unpaired) electrons. The zero-order chi connectivity index (χ0) is 22.6. The van der Waals surface area contributed by atoms with Gasteiger partial charge in [0.25, 0.3) is 0 Å². The summed E-state index contributed by atoms with van der Waals surface area (Å²) in [5, 5.41) is 3.04. The fourth-order valence-electron chi connectivity index (χ4n) is 4.25. The van der Waals surface area contributed by atoms with E-state index in [2.05, 4.69) is 29.6 Å². The van der Waals surface area contributed by atoms with Crippen molar-refractivity contribution in [2.45, 2.75) is 25.7 Å². The Hall–Kier alpha value is -3.99. The predicted octanol–water partition coefficient (Wildman–Crippen LogP) is 5.02. The second-order valence-corrected chi connectivity index (χ2v) is 8.21. The van der Waals surface area contributed by atoms with Crippen molar-refractivity contribution in [3.8, 4) is 17.0 Å².